The third-order valence-corrected chi connectivity index (χ3v) is 3.59. The minimum Gasteiger partial charge on any atom is -0.483 e. The molecule has 0 heterocycles. The summed E-state index contributed by atoms with van der Waals surface area (Å²) in [4.78, 5) is 23.3. The van der Waals surface area contributed by atoms with Crippen LogP contribution in [0.2, 0.25) is 0 Å². The number of benzene rings is 2. The van der Waals surface area contributed by atoms with E-state index in [9.17, 15) is 9.59 Å². The first-order valence-corrected chi connectivity index (χ1v) is 7.74. The van der Waals surface area contributed by atoms with Crippen molar-refractivity contribution in [2.75, 3.05) is 17.2 Å². The molecular formula is C19H22N2O3. The number of anilines is 2. The summed E-state index contributed by atoms with van der Waals surface area (Å²) in [5.74, 6) is 0.326. The number of ether oxygens (including phenoxy) is 1. The van der Waals surface area contributed by atoms with Gasteiger partial charge in [0, 0.05) is 18.3 Å². The van der Waals surface area contributed by atoms with E-state index in [0.29, 0.717) is 11.4 Å². The van der Waals surface area contributed by atoms with Crippen molar-refractivity contribution < 1.29 is 14.3 Å². The van der Waals surface area contributed by atoms with Gasteiger partial charge >= 0.3 is 0 Å². The molecule has 0 spiro atoms. The van der Waals surface area contributed by atoms with Crippen molar-refractivity contribution in [3.8, 4) is 5.75 Å². The highest BCUT2D eigenvalue weighted by molar-refractivity contribution is 5.94. The van der Waals surface area contributed by atoms with Crippen molar-refractivity contribution >= 4 is 23.2 Å². The molecule has 2 N–H and O–H groups in total. The second kappa shape index (κ2) is 7.64. The Bertz CT molecular complexity index is 749. The predicted molar refractivity (Wildman–Crippen MR) is 95.5 cm³/mol. The minimum atomic E-state index is -0.249. The van der Waals surface area contributed by atoms with Gasteiger partial charge in [0.2, 0.25) is 5.91 Å². The molecule has 24 heavy (non-hydrogen) atoms. The van der Waals surface area contributed by atoms with Crippen LogP contribution >= 0.6 is 0 Å². The molecule has 2 rings (SSSR count). The number of carbonyl (C=O) groups is 2. The van der Waals surface area contributed by atoms with Gasteiger partial charge in [0.05, 0.1) is 0 Å². The Morgan fingerprint density at radius 2 is 1.62 bits per heavy atom. The summed E-state index contributed by atoms with van der Waals surface area (Å²) in [6.45, 7) is 7.15. The number of hydrogen-bond acceptors (Lipinski definition) is 3. The zero-order valence-corrected chi connectivity index (χ0v) is 14.4. The lowest BCUT2D eigenvalue weighted by Gasteiger charge is -2.13. The van der Waals surface area contributed by atoms with Crippen molar-refractivity contribution in [2.24, 2.45) is 0 Å². The van der Waals surface area contributed by atoms with E-state index in [4.69, 9.17) is 4.74 Å². The number of nitrogens with one attached hydrogen (secondary N) is 2. The van der Waals surface area contributed by atoms with Crippen molar-refractivity contribution in [1.29, 1.82) is 0 Å². The third kappa shape index (κ3) is 4.59. The quantitative estimate of drug-likeness (QED) is 0.882. The van der Waals surface area contributed by atoms with Crippen LogP contribution in [0.5, 0.6) is 5.75 Å². The SMILES string of the molecule is CC(=O)Nc1ccc(C)c(NC(=O)COc2c(C)cccc2C)c1. The monoisotopic (exact) mass is 326 g/mol. The molecule has 0 fully saturated rings. The number of rotatable bonds is 5. The van der Waals surface area contributed by atoms with E-state index in [0.717, 1.165) is 22.4 Å². The standard InChI is InChI=1S/C19H22N2O3/c1-12-8-9-16(20-15(4)22)10-17(12)21-18(23)11-24-19-13(2)6-5-7-14(19)3/h5-10H,11H2,1-4H3,(H,20,22)(H,21,23). The average Bonchev–Trinajstić information content (AvgIpc) is 2.49. The molecule has 0 aliphatic carbocycles. The maximum atomic E-state index is 12.2. The Labute approximate surface area is 142 Å². The van der Waals surface area contributed by atoms with E-state index in [1.165, 1.54) is 6.92 Å². The Kier molecular flexibility index (Phi) is 5.58. The van der Waals surface area contributed by atoms with Gasteiger partial charge in [-0.1, -0.05) is 24.3 Å². The second-order valence-electron chi connectivity index (χ2n) is 5.77. The molecule has 0 atom stereocenters. The lowest BCUT2D eigenvalue weighted by atomic mass is 10.1. The highest BCUT2D eigenvalue weighted by Gasteiger charge is 2.09. The van der Waals surface area contributed by atoms with Crippen LogP contribution in [0.25, 0.3) is 0 Å². The number of aryl methyl sites for hydroxylation is 3. The Morgan fingerprint density at radius 1 is 0.958 bits per heavy atom. The van der Waals surface area contributed by atoms with Crippen molar-refractivity contribution in [3.05, 3.63) is 53.1 Å². The maximum Gasteiger partial charge on any atom is 0.262 e. The molecule has 0 radical (unpaired) electrons. The smallest absolute Gasteiger partial charge is 0.262 e. The second-order valence-corrected chi connectivity index (χ2v) is 5.77. The number of amides is 2. The molecule has 2 amide bonds. The van der Waals surface area contributed by atoms with Crippen LogP contribution in [0.3, 0.4) is 0 Å². The van der Waals surface area contributed by atoms with Gasteiger partial charge in [-0.15, -0.1) is 0 Å². The van der Waals surface area contributed by atoms with Gasteiger partial charge in [-0.3, -0.25) is 9.59 Å². The van der Waals surface area contributed by atoms with Gasteiger partial charge in [0.1, 0.15) is 5.75 Å². The molecular weight excluding hydrogens is 304 g/mol. The fourth-order valence-electron chi connectivity index (χ4n) is 2.39. The summed E-state index contributed by atoms with van der Waals surface area (Å²) in [5.41, 5.74) is 4.18. The van der Waals surface area contributed by atoms with Gasteiger partial charge in [0.15, 0.2) is 6.61 Å². The van der Waals surface area contributed by atoms with E-state index in [2.05, 4.69) is 10.6 Å². The Morgan fingerprint density at radius 3 is 2.25 bits per heavy atom. The van der Waals surface area contributed by atoms with Gasteiger partial charge in [-0.2, -0.15) is 0 Å². The van der Waals surface area contributed by atoms with E-state index >= 15 is 0 Å². The zero-order chi connectivity index (χ0) is 17.7. The summed E-state index contributed by atoms with van der Waals surface area (Å²) in [7, 11) is 0. The number of carbonyl (C=O) groups excluding carboxylic acids is 2. The molecule has 5 heteroatoms. The number of para-hydroxylation sites is 1. The predicted octanol–water partition coefficient (Wildman–Crippen LogP) is 3.59. The first-order chi connectivity index (χ1) is 11.4. The lowest BCUT2D eigenvalue weighted by Crippen LogP contribution is -2.21. The molecule has 0 unspecified atom stereocenters. The first-order valence-electron chi connectivity index (χ1n) is 7.74. The molecule has 2 aromatic carbocycles. The van der Waals surface area contributed by atoms with Crippen molar-refractivity contribution in [3.63, 3.8) is 0 Å². The van der Waals surface area contributed by atoms with Gasteiger partial charge < -0.3 is 15.4 Å². The minimum absolute atomic E-state index is 0.0739. The summed E-state index contributed by atoms with van der Waals surface area (Å²) in [6, 6.07) is 11.2. The molecule has 5 nitrogen and oxygen atoms in total. The molecule has 0 saturated heterocycles. The summed E-state index contributed by atoms with van der Waals surface area (Å²) in [5, 5.41) is 5.51. The Hall–Kier alpha value is -2.82. The topological polar surface area (TPSA) is 67.4 Å². The van der Waals surface area contributed by atoms with Crippen LogP contribution in [0.1, 0.15) is 23.6 Å². The van der Waals surface area contributed by atoms with Gasteiger partial charge in [-0.25, -0.2) is 0 Å². The third-order valence-electron chi connectivity index (χ3n) is 3.59. The van der Waals surface area contributed by atoms with Gasteiger partial charge in [0.25, 0.3) is 5.91 Å². The van der Waals surface area contributed by atoms with E-state index in [1.54, 1.807) is 12.1 Å². The van der Waals surface area contributed by atoms with Crippen LogP contribution < -0.4 is 15.4 Å². The van der Waals surface area contributed by atoms with Gasteiger partial charge in [-0.05, 0) is 49.6 Å². The van der Waals surface area contributed by atoms with Crippen LogP contribution in [-0.4, -0.2) is 18.4 Å². The van der Waals surface area contributed by atoms with E-state index in [1.807, 2.05) is 45.0 Å². The molecule has 0 saturated carbocycles. The largest absolute Gasteiger partial charge is 0.483 e. The number of hydrogen-bond donors (Lipinski definition) is 2. The highest BCUT2D eigenvalue weighted by atomic mass is 16.5. The molecule has 0 aliphatic heterocycles. The van der Waals surface area contributed by atoms with Crippen LogP contribution in [0, 0.1) is 20.8 Å². The van der Waals surface area contributed by atoms with Crippen molar-refractivity contribution in [1.82, 2.24) is 0 Å². The molecule has 0 aliphatic rings. The van der Waals surface area contributed by atoms with E-state index < -0.39 is 0 Å². The molecule has 126 valence electrons. The van der Waals surface area contributed by atoms with Crippen LogP contribution in [0.4, 0.5) is 11.4 Å². The maximum absolute atomic E-state index is 12.2. The molecule has 0 bridgehead atoms. The summed E-state index contributed by atoms with van der Waals surface area (Å²) >= 11 is 0. The highest BCUT2D eigenvalue weighted by Crippen LogP contribution is 2.23. The molecule has 2 aromatic rings. The van der Waals surface area contributed by atoms with E-state index in [-0.39, 0.29) is 18.4 Å². The fourth-order valence-corrected chi connectivity index (χ4v) is 2.39. The Balaban J connectivity index is 2.03. The van der Waals surface area contributed by atoms with Crippen molar-refractivity contribution in [2.45, 2.75) is 27.7 Å². The van der Waals surface area contributed by atoms with Crippen LogP contribution in [-0.2, 0) is 9.59 Å². The van der Waals surface area contributed by atoms with Crippen LogP contribution in [0.15, 0.2) is 36.4 Å². The fraction of sp³-hybridized carbons (Fsp3) is 0.263. The lowest BCUT2D eigenvalue weighted by molar-refractivity contribution is -0.118. The summed E-state index contributed by atoms with van der Waals surface area (Å²) < 4.78 is 5.65. The zero-order valence-electron chi connectivity index (χ0n) is 14.4. The normalized spacial score (nSPS) is 10.2. The first kappa shape index (κ1) is 17.5. The summed E-state index contributed by atoms with van der Waals surface area (Å²) in [6.07, 6.45) is 0. The molecule has 0 aromatic heterocycles. The average molecular weight is 326 g/mol.